The fourth-order valence-corrected chi connectivity index (χ4v) is 4.67. The average Bonchev–Trinajstić information content (AvgIpc) is 2.90. The van der Waals surface area contributed by atoms with Crippen LogP contribution < -0.4 is 19.5 Å². The number of para-hydroxylation sites is 3. The monoisotopic (exact) mass is 502 g/mol. The Balaban J connectivity index is 1.33. The summed E-state index contributed by atoms with van der Waals surface area (Å²) < 4.78 is 39.5. The third-order valence-corrected chi connectivity index (χ3v) is 6.82. The Morgan fingerprint density at radius 1 is 0.778 bits per heavy atom. The van der Waals surface area contributed by atoms with Crippen molar-refractivity contribution in [3.05, 3.63) is 115 Å². The molecule has 2 N–H and O–H groups in total. The Morgan fingerprint density at radius 3 is 2.08 bits per heavy atom. The second kappa shape index (κ2) is 11.5. The van der Waals surface area contributed by atoms with Crippen molar-refractivity contribution in [3.63, 3.8) is 0 Å². The van der Waals surface area contributed by atoms with Gasteiger partial charge in [0.15, 0.2) is 12.4 Å². The number of hydrogen-bond acceptors (Lipinski definition) is 5. The molecule has 0 heterocycles. The fourth-order valence-electron chi connectivity index (χ4n) is 3.44. The van der Waals surface area contributed by atoms with E-state index in [2.05, 4.69) is 10.0 Å². The number of carbonyl (C=O) groups is 1. The molecule has 36 heavy (non-hydrogen) atoms. The van der Waals surface area contributed by atoms with E-state index in [1.54, 1.807) is 25.1 Å². The molecule has 8 heteroatoms. The summed E-state index contributed by atoms with van der Waals surface area (Å²) in [4.78, 5) is 12.6. The van der Waals surface area contributed by atoms with Crippen molar-refractivity contribution in [1.29, 1.82) is 0 Å². The Labute approximate surface area is 210 Å². The van der Waals surface area contributed by atoms with Crippen LogP contribution in [0, 0.1) is 0 Å². The van der Waals surface area contributed by atoms with Gasteiger partial charge in [0.2, 0.25) is 10.0 Å². The highest BCUT2D eigenvalue weighted by Gasteiger charge is 2.18. The molecule has 0 fully saturated rings. The van der Waals surface area contributed by atoms with Gasteiger partial charge in [0, 0.05) is 6.04 Å². The molecule has 0 aliphatic rings. The van der Waals surface area contributed by atoms with Gasteiger partial charge in [-0.2, -0.15) is 0 Å². The van der Waals surface area contributed by atoms with Crippen LogP contribution in [0.2, 0.25) is 0 Å². The predicted octanol–water partition coefficient (Wildman–Crippen LogP) is 5.54. The third-order valence-electron chi connectivity index (χ3n) is 5.27. The topological polar surface area (TPSA) is 93.7 Å². The van der Waals surface area contributed by atoms with E-state index in [-0.39, 0.29) is 23.5 Å². The number of nitrogens with one attached hydrogen (secondary N) is 2. The Bertz CT molecular complexity index is 1390. The van der Waals surface area contributed by atoms with E-state index >= 15 is 0 Å². The normalized spacial score (nSPS) is 11.9. The number of sulfonamides is 1. The van der Waals surface area contributed by atoms with Crippen molar-refractivity contribution in [2.75, 3.05) is 11.9 Å². The summed E-state index contributed by atoms with van der Waals surface area (Å²) in [5.74, 6) is 1.14. The van der Waals surface area contributed by atoms with Crippen molar-refractivity contribution < 1.29 is 22.7 Å². The Morgan fingerprint density at radius 2 is 1.39 bits per heavy atom. The first-order valence-electron chi connectivity index (χ1n) is 11.3. The lowest BCUT2D eigenvalue weighted by molar-refractivity contribution is -0.118. The van der Waals surface area contributed by atoms with Crippen LogP contribution in [-0.4, -0.2) is 20.9 Å². The van der Waals surface area contributed by atoms with Gasteiger partial charge in [-0.3, -0.25) is 4.79 Å². The minimum absolute atomic E-state index is 0.106. The summed E-state index contributed by atoms with van der Waals surface area (Å²) in [5, 5.41) is 2.78. The van der Waals surface area contributed by atoms with E-state index in [0.29, 0.717) is 22.9 Å². The van der Waals surface area contributed by atoms with Crippen molar-refractivity contribution in [2.45, 2.75) is 17.9 Å². The van der Waals surface area contributed by atoms with E-state index in [1.807, 2.05) is 66.7 Å². The fraction of sp³-hybridized carbons (Fsp3) is 0.107. The summed E-state index contributed by atoms with van der Waals surface area (Å²) in [6.45, 7) is 1.53. The largest absolute Gasteiger partial charge is 0.484 e. The van der Waals surface area contributed by atoms with Gasteiger partial charge < -0.3 is 14.8 Å². The highest BCUT2D eigenvalue weighted by Crippen LogP contribution is 2.29. The summed E-state index contributed by atoms with van der Waals surface area (Å²) in [6.07, 6.45) is 0. The van der Waals surface area contributed by atoms with E-state index in [9.17, 15) is 13.2 Å². The first-order chi connectivity index (χ1) is 17.4. The Hall–Kier alpha value is -4.14. The smallest absolute Gasteiger partial charge is 0.262 e. The van der Waals surface area contributed by atoms with Crippen molar-refractivity contribution in [3.8, 4) is 17.2 Å². The molecule has 4 aromatic carbocycles. The lowest BCUT2D eigenvalue weighted by Gasteiger charge is -2.15. The number of rotatable bonds is 10. The van der Waals surface area contributed by atoms with Gasteiger partial charge >= 0.3 is 0 Å². The van der Waals surface area contributed by atoms with Gasteiger partial charge in [-0.05, 0) is 61.0 Å². The second-order valence-electron chi connectivity index (χ2n) is 7.97. The average molecular weight is 503 g/mol. The van der Waals surface area contributed by atoms with Crippen LogP contribution in [0.15, 0.2) is 114 Å². The van der Waals surface area contributed by atoms with Gasteiger partial charge in [0.1, 0.15) is 11.5 Å². The second-order valence-corrected chi connectivity index (χ2v) is 9.69. The molecular formula is C28H26N2O5S. The number of hydrogen-bond donors (Lipinski definition) is 2. The minimum Gasteiger partial charge on any atom is -0.484 e. The number of anilines is 1. The lowest BCUT2D eigenvalue weighted by atomic mass is 10.1. The van der Waals surface area contributed by atoms with Gasteiger partial charge in [0.25, 0.3) is 5.91 Å². The highest BCUT2D eigenvalue weighted by molar-refractivity contribution is 7.89. The van der Waals surface area contributed by atoms with Crippen LogP contribution >= 0.6 is 0 Å². The van der Waals surface area contributed by atoms with Crippen LogP contribution in [0.3, 0.4) is 0 Å². The molecule has 1 amide bonds. The molecule has 7 nitrogen and oxygen atoms in total. The first kappa shape index (κ1) is 25.0. The summed E-state index contributed by atoms with van der Waals surface area (Å²) in [5.41, 5.74) is 1.37. The number of benzene rings is 4. The van der Waals surface area contributed by atoms with Crippen molar-refractivity contribution >= 4 is 21.6 Å². The summed E-state index contributed by atoms with van der Waals surface area (Å²) >= 11 is 0. The summed E-state index contributed by atoms with van der Waals surface area (Å²) in [6, 6.07) is 31.2. The Kier molecular flexibility index (Phi) is 7.99. The number of carbonyl (C=O) groups excluding carboxylic acids is 1. The molecule has 0 aliphatic carbocycles. The van der Waals surface area contributed by atoms with E-state index in [1.165, 1.54) is 24.3 Å². The van der Waals surface area contributed by atoms with Crippen LogP contribution in [-0.2, 0) is 14.8 Å². The zero-order chi connectivity index (χ0) is 25.4. The van der Waals surface area contributed by atoms with Gasteiger partial charge in [-0.15, -0.1) is 0 Å². The van der Waals surface area contributed by atoms with Crippen LogP contribution in [0.4, 0.5) is 5.69 Å². The third kappa shape index (κ3) is 6.71. The maximum Gasteiger partial charge on any atom is 0.262 e. The molecule has 0 aromatic heterocycles. The standard InChI is InChI=1S/C28H26N2O5S/c1-21(22-10-4-2-5-11-22)30-36(32,33)25-18-16-23(17-19-25)34-20-28(31)29-26-14-8-9-15-27(26)35-24-12-6-3-7-13-24/h2-19,21,30H,20H2,1H3,(H,29,31)/t21-/m1/s1. The van der Waals surface area contributed by atoms with Crippen LogP contribution in [0.25, 0.3) is 0 Å². The van der Waals surface area contributed by atoms with E-state index < -0.39 is 10.0 Å². The molecule has 184 valence electrons. The van der Waals surface area contributed by atoms with Gasteiger partial charge in [-0.1, -0.05) is 60.7 Å². The maximum absolute atomic E-state index is 12.7. The molecule has 4 rings (SSSR count). The zero-order valence-electron chi connectivity index (χ0n) is 19.6. The molecule has 0 aliphatic heterocycles. The first-order valence-corrected chi connectivity index (χ1v) is 12.8. The molecule has 0 saturated carbocycles. The van der Waals surface area contributed by atoms with Crippen LogP contribution in [0.1, 0.15) is 18.5 Å². The molecule has 0 bridgehead atoms. The number of ether oxygens (including phenoxy) is 2. The maximum atomic E-state index is 12.7. The minimum atomic E-state index is -3.73. The molecule has 0 radical (unpaired) electrons. The predicted molar refractivity (Wildman–Crippen MR) is 139 cm³/mol. The summed E-state index contributed by atoms with van der Waals surface area (Å²) in [7, 11) is -3.73. The van der Waals surface area contributed by atoms with Crippen molar-refractivity contribution in [2.24, 2.45) is 0 Å². The number of amides is 1. The molecular weight excluding hydrogens is 476 g/mol. The highest BCUT2D eigenvalue weighted by atomic mass is 32.2. The van der Waals surface area contributed by atoms with E-state index in [4.69, 9.17) is 9.47 Å². The molecule has 1 atom stereocenters. The molecule has 0 unspecified atom stereocenters. The quantitative estimate of drug-likeness (QED) is 0.297. The van der Waals surface area contributed by atoms with Gasteiger partial charge in [-0.25, -0.2) is 13.1 Å². The molecule has 0 spiro atoms. The SMILES string of the molecule is C[C@@H](NS(=O)(=O)c1ccc(OCC(=O)Nc2ccccc2Oc2ccccc2)cc1)c1ccccc1. The lowest BCUT2D eigenvalue weighted by Crippen LogP contribution is -2.26. The zero-order valence-corrected chi connectivity index (χ0v) is 20.4. The van der Waals surface area contributed by atoms with E-state index in [0.717, 1.165) is 5.56 Å². The van der Waals surface area contributed by atoms with Crippen molar-refractivity contribution in [1.82, 2.24) is 4.72 Å². The van der Waals surface area contributed by atoms with Gasteiger partial charge in [0.05, 0.1) is 10.6 Å². The molecule has 4 aromatic rings. The molecule has 0 saturated heterocycles. The van der Waals surface area contributed by atoms with Crippen LogP contribution in [0.5, 0.6) is 17.2 Å².